The molecule has 3 heteroatoms. The van der Waals surface area contributed by atoms with E-state index in [1.54, 1.807) is 0 Å². The van der Waals surface area contributed by atoms with Crippen LogP contribution < -0.4 is 5.73 Å². The van der Waals surface area contributed by atoms with Gasteiger partial charge in [0.2, 0.25) is 0 Å². The van der Waals surface area contributed by atoms with Crippen LogP contribution in [0.4, 0.5) is 0 Å². The summed E-state index contributed by atoms with van der Waals surface area (Å²) in [5.74, 6) is 0. The fraction of sp³-hybridized carbons (Fsp3) is 0.300. The third-order valence-electron chi connectivity index (χ3n) is 2.13. The number of aryl methyl sites for hydroxylation is 1. The molecule has 0 fully saturated rings. The number of hydrogen-bond donors (Lipinski definition) is 1. The highest BCUT2D eigenvalue weighted by atomic mass is 15.2. The van der Waals surface area contributed by atoms with Crippen LogP contribution in [0.25, 0.3) is 5.52 Å². The molecule has 0 unspecified atom stereocenters. The number of pyridine rings is 1. The Bertz CT molecular complexity index is 392. The fourth-order valence-electron chi connectivity index (χ4n) is 1.41. The Labute approximate surface area is 77.2 Å². The summed E-state index contributed by atoms with van der Waals surface area (Å²) in [6.07, 6.45) is 5.94. The Morgan fingerprint density at radius 1 is 1.31 bits per heavy atom. The van der Waals surface area contributed by atoms with Gasteiger partial charge in [0.05, 0.1) is 5.52 Å². The molecule has 0 atom stereocenters. The Kier molecular flexibility index (Phi) is 2.27. The highest BCUT2D eigenvalue weighted by Crippen LogP contribution is 2.06. The molecule has 0 radical (unpaired) electrons. The van der Waals surface area contributed by atoms with Crippen LogP contribution in [-0.4, -0.2) is 16.2 Å². The van der Waals surface area contributed by atoms with E-state index < -0.39 is 0 Å². The lowest BCUT2D eigenvalue weighted by atomic mass is 10.1. The lowest BCUT2D eigenvalue weighted by Crippen LogP contribution is -2.01. The van der Waals surface area contributed by atoms with Crippen LogP contribution in [0.5, 0.6) is 0 Å². The van der Waals surface area contributed by atoms with E-state index in [4.69, 9.17) is 5.73 Å². The summed E-state index contributed by atoms with van der Waals surface area (Å²) >= 11 is 0. The van der Waals surface area contributed by atoms with Crippen molar-refractivity contribution in [1.29, 1.82) is 0 Å². The van der Waals surface area contributed by atoms with E-state index in [-0.39, 0.29) is 0 Å². The summed E-state index contributed by atoms with van der Waals surface area (Å²) < 4.78 is 1.89. The molecule has 2 aromatic heterocycles. The molecule has 0 aliphatic carbocycles. The number of rotatable bonds is 3. The van der Waals surface area contributed by atoms with Gasteiger partial charge in [0.15, 0.2) is 0 Å². The Morgan fingerprint density at radius 3 is 3.08 bits per heavy atom. The van der Waals surface area contributed by atoms with Crippen LogP contribution in [0.15, 0.2) is 30.6 Å². The average molecular weight is 175 g/mol. The summed E-state index contributed by atoms with van der Waals surface area (Å²) in [5, 5.41) is 4.17. The topological polar surface area (TPSA) is 43.3 Å². The van der Waals surface area contributed by atoms with Crippen molar-refractivity contribution in [2.45, 2.75) is 12.8 Å². The molecule has 0 saturated heterocycles. The van der Waals surface area contributed by atoms with Gasteiger partial charge in [-0.15, -0.1) is 0 Å². The molecule has 0 saturated carbocycles. The van der Waals surface area contributed by atoms with Gasteiger partial charge in [-0.3, -0.25) is 0 Å². The Morgan fingerprint density at radius 2 is 2.23 bits per heavy atom. The molecule has 0 aromatic carbocycles. The number of hydrogen-bond acceptors (Lipinski definition) is 2. The zero-order chi connectivity index (χ0) is 9.10. The molecule has 0 aliphatic rings. The quantitative estimate of drug-likeness (QED) is 0.762. The molecule has 0 bridgehead atoms. The van der Waals surface area contributed by atoms with Crippen molar-refractivity contribution in [3.63, 3.8) is 0 Å². The van der Waals surface area contributed by atoms with Crippen molar-refractivity contribution < 1.29 is 0 Å². The predicted molar refractivity (Wildman–Crippen MR) is 52.6 cm³/mol. The minimum Gasteiger partial charge on any atom is -0.330 e. The van der Waals surface area contributed by atoms with Gasteiger partial charge in [0.1, 0.15) is 0 Å². The van der Waals surface area contributed by atoms with Crippen LogP contribution >= 0.6 is 0 Å². The van der Waals surface area contributed by atoms with Crippen molar-refractivity contribution in [3.8, 4) is 0 Å². The Hall–Kier alpha value is -1.35. The molecule has 0 aliphatic heterocycles. The molecule has 0 amide bonds. The van der Waals surface area contributed by atoms with Gasteiger partial charge in [0.25, 0.3) is 0 Å². The van der Waals surface area contributed by atoms with E-state index in [2.05, 4.69) is 23.4 Å². The van der Waals surface area contributed by atoms with Crippen LogP contribution in [0.3, 0.4) is 0 Å². The first-order chi connectivity index (χ1) is 6.40. The van der Waals surface area contributed by atoms with E-state index >= 15 is 0 Å². The number of nitrogens with two attached hydrogens (primary N) is 1. The molecular formula is C10H13N3. The monoisotopic (exact) mass is 175 g/mol. The standard InChI is InChI=1S/C10H13N3/c11-6-1-2-9-3-4-10-5-7-12-13(10)8-9/h3-5,7-8H,1-2,6,11H2. The van der Waals surface area contributed by atoms with Crippen LogP contribution in [0, 0.1) is 0 Å². The molecule has 2 rings (SSSR count). The molecule has 3 nitrogen and oxygen atoms in total. The third-order valence-corrected chi connectivity index (χ3v) is 2.13. The van der Waals surface area contributed by atoms with Crippen molar-refractivity contribution in [1.82, 2.24) is 9.61 Å². The van der Waals surface area contributed by atoms with Crippen molar-refractivity contribution in [3.05, 3.63) is 36.2 Å². The third kappa shape index (κ3) is 1.70. The maximum absolute atomic E-state index is 5.45. The minimum atomic E-state index is 0.747. The van der Waals surface area contributed by atoms with Crippen LogP contribution in [-0.2, 0) is 6.42 Å². The maximum Gasteiger partial charge on any atom is 0.0661 e. The summed E-state index contributed by atoms with van der Waals surface area (Å²) in [5.41, 5.74) is 7.88. The SMILES string of the molecule is NCCCc1ccc2ccnn2c1. The fourth-order valence-corrected chi connectivity index (χ4v) is 1.41. The Balaban J connectivity index is 2.26. The maximum atomic E-state index is 5.45. The number of aromatic nitrogens is 2. The van der Waals surface area contributed by atoms with Crippen molar-refractivity contribution >= 4 is 5.52 Å². The van der Waals surface area contributed by atoms with E-state index in [1.807, 2.05) is 16.8 Å². The first kappa shape index (κ1) is 8.26. The molecular weight excluding hydrogens is 162 g/mol. The molecule has 0 spiro atoms. The summed E-state index contributed by atoms with van der Waals surface area (Å²) in [7, 11) is 0. The van der Waals surface area contributed by atoms with Gasteiger partial charge in [-0.05, 0) is 37.1 Å². The summed E-state index contributed by atoms with van der Waals surface area (Å²) in [6, 6.07) is 6.21. The normalized spacial score (nSPS) is 10.8. The van der Waals surface area contributed by atoms with Crippen molar-refractivity contribution in [2.24, 2.45) is 5.73 Å². The van der Waals surface area contributed by atoms with Crippen LogP contribution in [0.1, 0.15) is 12.0 Å². The first-order valence-electron chi connectivity index (χ1n) is 4.52. The molecule has 68 valence electrons. The lowest BCUT2D eigenvalue weighted by molar-refractivity contribution is 0.819. The molecule has 2 aromatic rings. The van der Waals surface area contributed by atoms with Gasteiger partial charge in [-0.1, -0.05) is 6.07 Å². The van der Waals surface area contributed by atoms with E-state index in [0.29, 0.717) is 0 Å². The summed E-state index contributed by atoms with van der Waals surface area (Å²) in [6.45, 7) is 0.747. The largest absolute Gasteiger partial charge is 0.330 e. The van der Waals surface area contributed by atoms with Gasteiger partial charge < -0.3 is 5.73 Å². The first-order valence-corrected chi connectivity index (χ1v) is 4.52. The molecule has 13 heavy (non-hydrogen) atoms. The smallest absolute Gasteiger partial charge is 0.0661 e. The zero-order valence-corrected chi connectivity index (χ0v) is 7.48. The van der Waals surface area contributed by atoms with Gasteiger partial charge in [-0.2, -0.15) is 5.10 Å². The lowest BCUT2D eigenvalue weighted by Gasteiger charge is -2.00. The second kappa shape index (κ2) is 3.58. The van der Waals surface area contributed by atoms with E-state index in [1.165, 1.54) is 5.56 Å². The number of fused-ring (bicyclic) bond motifs is 1. The highest BCUT2D eigenvalue weighted by Gasteiger charge is 1.95. The second-order valence-corrected chi connectivity index (χ2v) is 3.13. The average Bonchev–Trinajstić information content (AvgIpc) is 2.61. The van der Waals surface area contributed by atoms with E-state index in [9.17, 15) is 0 Å². The second-order valence-electron chi connectivity index (χ2n) is 3.13. The number of nitrogens with zero attached hydrogens (tertiary/aromatic N) is 2. The van der Waals surface area contributed by atoms with Crippen LogP contribution in [0.2, 0.25) is 0 Å². The zero-order valence-electron chi connectivity index (χ0n) is 7.48. The summed E-state index contributed by atoms with van der Waals surface area (Å²) in [4.78, 5) is 0. The van der Waals surface area contributed by atoms with Crippen molar-refractivity contribution in [2.75, 3.05) is 6.54 Å². The molecule has 2 heterocycles. The van der Waals surface area contributed by atoms with Gasteiger partial charge in [-0.25, -0.2) is 4.52 Å². The van der Waals surface area contributed by atoms with Gasteiger partial charge in [0, 0.05) is 12.4 Å². The van der Waals surface area contributed by atoms with Gasteiger partial charge >= 0.3 is 0 Å². The molecule has 2 N–H and O–H groups in total. The predicted octanol–water partition coefficient (Wildman–Crippen LogP) is 1.23. The van der Waals surface area contributed by atoms with E-state index in [0.717, 1.165) is 24.9 Å². The highest BCUT2D eigenvalue weighted by molar-refractivity contribution is 5.45. The minimum absolute atomic E-state index is 0.747.